The first-order chi connectivity index (χ1) is 13.3. The van der Waals surface area contributed by atoms with Gasteiger partial charge in [-0.15, -0.1) is 0 Å². The number of aryl methyl sites for hydroxylation is 2. The van der Waals surface area contributed by atoms with Crippen LogP contribution in [0.25, 0.3) is 6.08 Å². The van der Waals surface area contributed by atoms with Crippen LogP contribution in [-0.4, -0.2) is 15.6 Å². The second-order valence-electron chi connectivity index (χ2n) is 10.9. The van der Waals surface area contributed by atoms with Gasteiger partial charge in [-0.2, -0.15) is 5.10 Å². The van der Waals surface area contributed by atoms with Crippen LogP contribution in [0.1, 0.15) is 83.0 Å². The van der Waals surface area contributed by atoms with Gasteiger partial charge in [0.1, 0.15) is 0 Å². The molecular formula is C25H36N2O. The van der Waals surface area contributed by atoms with Crippen molar-refractivity contribution in [1.82, 2.24) is 9.78 Å². The van der Waals surface area contributed by atoms with E-state index in [-0.39, 0.29) is 5.41 Å². The van der Waals surface area contributed by atoms with Crippen molar-refractivity contribution >= 4 is 11.9 Å². The predicted octanol–water partition coefficient (Wildman–Crippen LogP) is 5.72. The minimum Gasteiger partial charge on any atom is -0.294 e. The minimum atomic E-state index is -0.126. The Balaban J connectivity index is 1.47. The largest absolute Gasteiger partial charge is 0.294 e. The Hall–Kier alpha value is -1.38. The van der Waals surface area contributed by atoms with Gasteiger partial charge < -0.3 is 0 Å². The van der Waals surface area contributed by atoms with Crippen LogP contribution in [0, 0.1) is 41.4 Å². The van der Waals surface area contributed by atoms with Gasteiger partial charge in [0.15, 0.2) is 5.78 Å². The third-order valence-electron chi connectivity index (χ3n) is 9.58. The van der Waals surface area contributed by atoms with Crippen molar-refractivity contribution < 1.29 is 4.79 Å². The Kier molecular flexibility index (Phi) is 4.20. The number of carbonyl (C=O) groups excluding carboxylic acids is 1. The molecule has 0 aromatic carbocycles. The van der Waals surface area contributed by atoms with Crippen molar-refractivity contribution in [3.8, 4) is 0 Å². The van der Waals surface area contributed by atoms with Crippen molar-refractivity contribution in [2.45, 2.75) is 78.6 Å². The number of fused-ring (bicyclic) bond motifs is 5. The van der Waals surface area contributed by atoms with Gasteiger partial charge in [-0.1, -0.05) is 26.7 Å². The van der Waals surface area contributed by atoms with E-state index in [4.69, 9.17) is 0 Å². The average molecular weight is 381 g/mol. The summed E-state index contributed by atoms with van der Waals surface area (Å²) in [5, 5.41) is 4.47. The third-order valence-corrected chi connectivity index (χ3v) is 9.58. The van der Waals surface area contributed by atoms with Crippen LogP contribution in [0.2, 0.25) is 0 Å². The number of hydrogen-bond donors (Lipinski definition) is 0. The molecule has 6 atom stereocenters. The second-order valence-corrected chi connectivity index (χ2v) is 10.9. The summed E-state index contributed by atoms with van der Waals surface area (Å²) >= 11 is 0. The molecule has 0 radical (unpaired) electrons. The molecule has 4 saturated carbocycles. The van der Waals surface area contributed by atoms with Gasteiger partial charge in [0, 0.05) is 12.5 Å². The third kappa shape index (κ3) is 2.53. The molecule has 0 saturated heterocycles. The van der Waals surface area contributed by atoms with Crippen LogP contribution < -0.4 is 0 Å². The maximum Gasteiger partial charge on any atom is 0.165 e. The summed E-state index contributed by atoms with van der Waals surface area (Å²) in [7, 11) is 1.98. The highest BCUT2D eigenvalue weighted by atomic mass is 16.1. The molecule has 0 aliphatic heterocycles. The lowest BCUT2D eigenvalue weighted by atomic mass is 9.45. The first-order valence-corrected chi connectivity index (χ1v) is 11.6. The van der Waals surface area contributed by atoms with Crippen LogP contribution in [-0.2, 0) is 11.8 Å². The highest BCUT2D eigenvalue weighted by Gasteiger charge is 2.60. The zero-order valence-corrected chi connectivity index (χ0v) is 18.1. The van der Waals surface area contributed by atoms with E-state index in [1.807, 2.05) is 18.7 Å². The molecule has 1 aromatic rings. The van der Waals surface area contributed by atoms with Crippen LogP contribution in [0.5, 0.6) is 0 Å². The molecule has 0 unspecified atom stereocenters. The Morgan fingerprint density at radius 3 is 2.68 bits per heavy atom. The molecule has 0 bridgehead atoms. The summed E-state index contributed by atoms with van der Waals surface area (Å²) in [4.78, 5) is 13.5. The number of Topliss-reactive ketones (excluding diaryl/α,β-unsaturated/α-hetero) is 1. The zero-order chi connectivity index (χ0) is 19.7. The van der Waals surface area contributed by atoms with Gasteiger partial charge in [0.2, 0.25) is 0 Å². The van der Waals surface area contributed by atoms with Crippen molar-refractivity contribution in [2.75, 3.05) is 0 Å². The maximum absolute atomic E-state index is 13.5. The fraction of sp³-hybridized carbons (Fsp3) is 0.760. The lowest BCUT2D eigenvalue weighted by Gasteiger charge is -2.59. The van der Waals surface area contributed by atoms with Gasteiger partial charge in [-0.3, -0.25) is 9.48 Å². The Morgan fingerprint density at radius 1 is 1.11 bits per heavy atom. The Morgan fingerprint density at radius 2 is 1.93 bits per heavy atom. The smallest absolute Gasteiger partial charge is 0.165 e. The van der Waals surface area contributed by atoms with E-state index in [0.29, 0.717) is 17.1 Å². The predicted molar refractivity (Wildman–Crippen MR) is 113 cm³/mol. The van der Waals surface area contributed by atoms with Crippen LogP contribution in [0.4, 0.5) is 0 Å². The van der Waals surface area contributed by atoms with E-state index in [9.17, 15) is 4.79 Å². The molecule has 3 heteroatoms. The van der Waals surface area contributed by atoms with Gasteiger partial charge in [0.25, 0.3) is 0 Å². The van der Waals surface area contributed by atoms with Crippen molar-refractivity contribution in [1.29, 1.82) is 0 Å². The summed E-state index contributed by atoms with van der Waals surface area (Å²) in [6.07, 6.45) is 14.0. The topological polar surface area (TPSA) is 34.9 Å². The molecule has 0 amide bonds. The number of allylic oxidation sites excluding steroid dienone is 1. The minimum absolute atomic E-state index is 0.126. The fourth-order valence-electron chi connectivity index (χ4n) is 8.04. The number of nitrogens with zero attached hydrogens (tertiary/aromatic N) is 2. The summed E-state index contributed by atoms with van der Waals surface area (Å²) in [6.45, 7) is 6.93. The highest BCUT2D eigenvalue weighted by molar-refractivity contribution is 6.05. The van der Waals surface area contributed by atoms with Crippen LogP contribution >= 0.6 is 0 Å². The summed E-state index contributed by atoms with van der Waals surface area (Å²) in [6, 6.07) is 2.10. The lowest BCUT2D eigenvalue weighted by molar-refractivity contribution is -0.137. The number of hydrogen-bond acceptors (Lipinski definition) is 2. The van der Waals surface area contributed by atoms with E-state index in [1.165, 1.54) is 44.9 Å². The number of rotatable bonds is 1. The molecule has 28 heavy (non-hydrogen) atoms. The van der Waals surface area contributed by atoms with E-state index in [2.05, 4.69) is 31.1 Å². The number of ketones is 1. The van der Waals surface area contributed by atoms with Crippen molar-refractivity contribution in [3.05, 3.63) is 23.0 Å². The molecule has 1 heterocycles. The maximum atomic E-state index is 13.5. The van der Waals surface area contributed by atoms with Gasteiger partial charge in [0.05, 0.1) is 11.4 Å². The molecule has 0 N–H and O–H groups in total. The first kappa shape index (κ1) is 18.6. The van der Waals surface area contributed by atoms with Crippen LogP contribution in [0.3, 0.4) is 0 Å². The molecular weight excluding hydrogens is 344 g/mol. The summed E-state index contributed by atoms with van der Waals surface area (Å²) in [5.41, 5.74) is 3.57. The summed E-state index contributed by atoms with van der Waals surface area (Å²) in [5.74, 6) is 3.53. The average Bonchev–Trinajstić information content (AvgIpc) is 3.11. The fourth-order valence-corrected chi connectivity index (χ4v) is 8.04. The highest BCUT2D eigenvalue weighted by Crippen LogP contribution is 2.66. The quantitative estimate of drug-likeness (QED) is 0.584. The van der Waals surface area contributed by atoms with E-state index in [0.717, 1.165) is 47.6 Å². The first-order valence-electron chi connectivity index (χ1n) is 11.6. The monoisotopic (exact) mass is 380 g/mol. The Bertz CT molecular complexity index is 836. The lowest BCUT2D eigenvalue weighted by Crippen LogP contribution is -2.52. The number of carbonyl (C=O) groups is 1. The van der Waals surface area contributed by atoms with Gasteiger partial charge in [-0.25, -0.2) is 0 Å². The molecule has 152 valence electrons. The molecule has 1 aromatic heterocycles. The molecule has 5 rings (SSSR count). The van der Waals surface area contributed by atoms with E-state index >= 15 is 0 Å². The SMILES string of the molecule is Cc1cc(/C=C2/C[C@@H]3[C@H]4CC[C@H]5CCCC[C@]5(C)[C@@H]4CC[C@@]3(C)C2=O)n(C)n1. The van der Waals surface area contributed by atoms with E-state index in [1.54, 1.807) is 0 Å². The normalized spacial score (nSPS) is 44.3. The standard InChI is InChI=1S/C25H36N2O/c1-16-13-19(27(4)26-16)14-17-15-22-20-9-8-18-7-5-6-11-24(18,2)21(20)10-12-25(22,3)23(17)28/h13-14,18,20-22H,5-12,15H2,1-4H3/b17-14-/t18-,20+,21-,22-,24+,25-/m1/s1. The molecule has 0 spiro atoms. The molecule has 4 fully saturated rings. The summed E-state index contributed by atoms with van der Waals surface area (Å²) < 4.78 is 1.91. The molecule has 4 aliphatic rings. The molecule has 3 nitrogen and oxygen atoms in total. The zero-order valence-electron chi connectivity index (χ0n) is 18.1. The Labute approximate surface area is 170 Å². The van der Waals surface area contributed by atoms with Gasteiger partial charge in [-0.05, 0) is 98.7 Å². The molecule has 4 aliphatic carbocycles. The van der Waals surface area contributed by atoms with Gasteiger partial charge >= 0.3 is 0 Å². The van der Waals surface area contributed by atoms with Crippen molar-refractivity contribution in [3.63, 3.8) is 0 Å². The second kappa shape index (κ2) is 6.31. The van der Waals surface area contributed by atoms with E-state index < -0.39 is 0 Å². The number of aromatic nitrogens is 2. The van der Waals surface area contributed by atoms with Crippen molar-refractivity contribution in [2.24, 2.45) is 41.5 Å². The van der Waals surface area contributed by atoms with Crippen LogP contribution in [0.15, 0.2) is 11.6 Å².